The van der Waals surface area contributed by atoms with Gasteiger partial charge in [-0.1, -0.05) is 32.9 Å². The van der Waals surface area contributed by atoms with Crippen molar-refractivity contribution in [1.29, 1.82) is 0 Å². The molecule has 0 saturated heterocycles. The highest BCUT2D eigenvalue weighted by molar-refractivity contribution is 6.07. The van der Waals surface area contributed by atoms with Crippen LogP contribution in [0.5, 0.6) is 5.75 Å². The van der Waals surface area contributed by atoms with Crippen molar-refractivity contribution in [2.75, 3.05) is 19.4 Å². The van der Waals surface area contributed by atoms with Gasteiger partial charge in [-0.05, 0) is 42.2 Å². The maximum Gasteiger partial charge on any atom is 0.291 e. The van der Waals surface area contributed by atoms with Crippen LogP contribution in [-0.4, -0.2) is 40.6 Å². The van der Waals surface area contributed by atoms with Crippen LogP contribution < -0.4 is 10.1 Å². The number of furan rings is 1. The van der Waals surface area contributed by atoms with Gasteiger partial charge in [0, 0.05) is 20.6 Å². The van der Waals surface area contributed by atoms with E-state index < -0.39 is 5.91 Å². The Bertz CT molecular complexity index is 1090. The van der Waals surface area contributed by atoms with Crippen LogP contribution in [0.15, 0.2) is 47.0 Å². The largest absolute Gasteiger partial charge is 0.486 e. The standard InChI is InChI=1S/C24H30N4O4/c1-7-28-21(23(30)27(5)6)19(14-25-28)26-22(29)20-13-12-18(32-20)15-31-17-10-8-16(9-11-17)24(2,3)4/h8-14H,7,15H2,1-6H3,(H,26,29). The Balaban J connectivity index is 1.65. The summed E-state index contributed by atoms with van der Waals surface area (Å²) < 4.78 is 13.0. The molecule has 3 aromatic rings. The normalized spacial score (nSPS) is 11.3. The molecule has 170 valence electrons. The van der Waals surface area contributed by atoms with Crippen molar-refractivity contribution in [1.82, 2.24) is 14.7 Å². The quantitative estimate of drug-likeness (QED) is 0.593. The molecular formula is C24H30N4O4. The second-order valence-corrected chi connectivity index (χ2v) is 8.71. The first-order valence-electron chi connectivity index (χ1n) is 10.5. The highest BCUT2D eigenvalue weighted by Gasteiger charge is 2.22. The van der Waals surface area contributed by atoms with E-state index in [1.807, 2.05) is 31.2 Å². The highest BCUT2D eigenvalue weighted by Crippen LogP contribution is 2.25. The smallest absolute Gasteiger partial charge is 0.291 e. The zero-order valence-electron chi connectivity index (χ0n) is 19.4. The molecule has 0 aliphatic carbocycles. The Labute approximate surface area is 188 Å². The lowest BCUT2D eigenvalue weighted by Crippen LogP contribution is -2.26. The van der Waals surface area contributed by atoms with Crippen molar-refractivity contribution < 1.29 is 18.7 Å². The lowest BCUT2D eigenvalue weighted by Gasteiger charge is -2.19. The van der Waals surface area contributed by atoms with Gasteiger partial charge in [0.05, 0.1) is 11.9 Å². The molecule has 0 radical (unpaired) electrons. The van der Waals surface area contributed by atoms with E-state index in [9.17, 15) is 9.59 Å². The van der Waals surface area contributed by atoms with Crippen LogP contribution in [0.1, 0.15) is 60.1 Å². The summed E-state index contributed by atoms with van der Waals surface area (Å²) in [5.41, 5.74) is 1.95. The number of benzene rings is 1. The minimum Gasteiger partial charge on any atom is -0.486 e. The van der Waals surface area contributed by atoms with E-state index in [0.717, 1.165) is 5.75 Å². The molecule has 0 aliphatic rings. The molecule has 32 heavy (non-hydrogen) atoms. The van der Waals surface area contributed by atoms with Crippen molar-refractivity contribution >= 4 is 17.5 Å². The molecule has 2 heterocycles. The van der Waals surface area contributed by atoms with E-state index in [2.05, 4.69) is 31.2 Å². The van der Waals surface area contributed by atoms with Gasteiger partial charge in [0.25, 0.3) is 11.8 Å². The van der Waals surface area contributed by atoms with Crippen LogP contribution in [0, 0.1) is 0 Å². The number of anilines is 1. The van der Waals surface area contributed by atoms with E-state index in [1.165, 1.54) is 16.7 Å². The van der Waals surface area contributed by atoms with Crippen molar-refractivity contribution in [3.8, 4) is 5.75 Å². The molecule has 0 aliphatic heterocycles. The zero-order chi connectivity index (χ0) is 23.5. The molecule has 0 bridgehead atoms. The third-order valence-electron chi connectivity index (χ3n) is 4.98. The van der Waals surface area contributed by atoms with Gasteiger partial charge >= 0.3 is 0 Å². The number of carbonyl (C=O) groups is 2. The molecule has 0 fully saturated rings. The second kappa shape index (κ2) is 9.30. The molecule has 0 unspecified atom stereocenters. The summed E-state index contributed by atoms with van der Waals surface area (Å²) >= 11 is 0. The number of carbonyl (C=O) groups excluding carboxylic acids is 2. The number of hydrogen-bond acceptors (Lipinski definition) is 5. The average Bonchev–Trinajstić information content (AvgIpc) is 3.38. The van der Waals surface area contributed by atoms with Crippen molar-refractivity contribution in [3.63, 3.8) is 0 Å². The third-order valence-corrected chi connectivity index (χ3v) is 4.98. The van der Waals surface area contributed by atoms with Gasteiger partial charge in [-0.3, -0.25) is 14.3 Å². The monoisotopic (exact) mass is 438 g/mol. The predicted molar refractivity (Wildman–Crippen MR) is 122 cm³/mol. The molecule has 2 aromatic heterocycles. The van der Waals surface area contributed by atoms with E-state index in [0.29, 0.717) is 23.7 Å². The van der Waals surface area contributed by atoms with Crippen LogP contribution in [0.2, 0.25) is 0 Å². The number of hydrogen-bond donors (Lipinski definition) is 1. The van der Waals surface area contributed by atoms with Gasteiger partial charge in [-0.25, -0.2) is 0 Å². The van der Waals surface area contributed by atoms with E-state index in [1.54, 1.807) is 30.9 Å². The molecule has 1 aromatic carbocycles. The number of rotatable bonds is 7. The van der Waals surface area contributed by atoms with Gasteiger partial charge in [-0.15, -0.1) is 0 Å². The summed E-state index contributed by atoms with van der Waals surface area (Å²) in [5, 5.41) is 6.90. The maximum atomic E-state index is 12.7. The second-order valence-electron chi connectivity index (χ2n) is 8.71. The minimum absolute atomic E-state index is 0.0758. The zero-order valence-corrected chi connectivity index (χ0v) is 19.4. The number of aryl methyl sites for hydroxylation is 1. The Hall–Kier alpha value is -3.55. The summed E-state index contributed by atoms with van der Waals surface area (Å²) in [5.74, 6) is 0.655. The fourth-order valence-electron chi connectivity index (χ4n) is 3.12. The van der Waals surface area contributed by atoms with Gasteiger partial charge in [0.1, 0.15) is 23.8 Å². The number of nitrogens with one attached hydrogen (secondary N) is 1. The highest BCUT2D eigenvalue weighted by atomic mass is 16.5. The Kier molecular flexibility index (Phi) is 6.72. The molecular weight excluding hydrogens is 408 g/mol. The van der Waals surface area contributed by atoms with Crippen LogP contribution >= 0.6 is 0 Å². The van der Waals surface area contributed by atoms with Gasteiger partial charge in [0.2, 0.25) is 0 Å². The first kappa shape index (κ1) is 23.1. The maximum absolute atomic E-state index is 12.7. The molecule has 8 nitrogen and oxygen atoms in total. The van der Waals surface area contributed by atoms with E-state index >= 15 is 0 Å². The van der Waals surface area contributed by atoms with Gasteiger partial charge in [-0.2, -0.15) is 5.10 Å². The molecule has 1 N–H and O–H groups in total. The fourth-order valence-corrected chi connectivity index (χ4v) is 3.12. The summed E-state index contributed by atoms with van der Waals surface area (Å²) in [6.45, 7) is 9.05. The third kappa shape index (κ3) is 5.19. The molecule has 0 saturated carbocycles. The van der Waals surface area contributed by atoms with Crippen molar-refractivity contribution in [2.24, 2.45) is 0 Å². The van der Waals surface area contributed by atoms with Crippen molar-refractivity contribution in [3.05, 3.63) is 65.4 Å². The topological polar surface area (TPSA) is 89.6 Å². The van der Waals surface area contributed by atoms with Crippen molar-refractivity contribution in [2.45, 2.75) is 46.3 Å². The Morgan fingerprint density at radius 1 is 1.12 bits per heavy atom. The van der Waals surface area contributed by atoms with Crippen LogP contribution in [0.3, 0.4) is 0 Å². The van der Waals surface area contributed by atoms with Crippen LogP contribution in [0.25, 0.3) is 0 Å². The summed E-state index contributed by atoms with van der Waals surface area (Å²) in [6.07, 6.45) is 1.46. The Morgan fingerprint density at radius 2 is 1.81 bits per heavy atom. The predicted octanol–water partition coefficient (Wildman–Crippen LogP) is 4.33. The first-order valence-corrected chi connectivity index (χ1v) is 10.5. The fraction of sp³-hybridized carbons (Fsp3) is 0.375. The van der Waals surface area contributed by atoms with Gasteiger partial charge in [0.15, 0.2) is 5.76 Å². The molecule has 2 amide bonds. The Morgan fingerprint density at radius 3 is 2.41 bits per heavy atom. The van der Waals surface area contributed by atoms with E-state index in [-0.39, 0.29) is 23.7 Å². The van der Waals surface area contributed by atoms with Gasteiger partial charge < -0.3 is 19.4 Å². The number of ether oxygens (including phenoxy) is 1. The van der Waals surface area contributed by atoms with Crippen LogP contribution in [0.4, 0.5) is 5.69 Å². The SMILES string of the molecule is CCn1ncc(NC(=O)c2ccc(COc3ccc(C(C)(C)C)cc3)o2)c1C(=O)N(C)C. The summed E-state index contributed by atoms with van der Waals surface area (Å²) in [4.78, 5) is 26.6. The molecule has 8 heteroatoms. The molecule has 3 rings (SSSR count). The number of amides is 2. The molecule has 0 spiro atoms. The number of nitrogens with zero attached hydrogens (tertiary/aromatic N) is 3. The number of aromatic nitrogens is 2. The first-order chi connectivity index (χ1) is 15.1. The molecule has 0 atom stereocenters. The minimum atomic E-state index is -0.464. The lowest BCUT2D eigenvalue weighted by molar-refractivity contribution is 0.0816. The lowest BCUT2D eigenvalue weighted by atomic mass is 9.87. The average molecular weight is 439 g/mol. The summed E-state index contributed by atoms with van der Waals surface area (Å²) in [6, 6.07) is 11.2. The summed E-state index contributed by atoms with van der Waals surface area (Å²) in [7, 11) is 3.30. The van der Waals surface area contributed by atoms with E-state index in [4.69, 9.17) is 9.15 Å². The van der Waals surface area contributed by atoms with Crippen LogP contribution in [-0.2, 0) is 18.6 Å².